The van der Waals surface area contributed by atoms with Gasteiger partial charge in [-0.1, -0.05) is 0 Å². The van der Waals surface area contributed by atoms with Crippen LogP contribution in [0.5, 0.6) is 5.75 Å². The Hall–Kier alpha value is -1.76. The van der Waals surface area contributed by atoms with Gasteiger partial charge in [0, 0.05) is 20.2 Å². The van der Waals surface area contributed by atoms with Gasteiger partial charge in [-0.15, -0.1) is 0 Å². The van der Waals surface area contributed by atoms with Gasteiger partial charge in [0.05, 0.1) is 18.0 Å². The summed E-state index contributed by atoms with van der Waals surface area (Å²) in [5, 5.41) is 8.87. The molecule has 1 fully saturated rings. The van der Waals surface area contributed by atoms with Crippen molar-refractivity contribution in [1.82, 2.24) is 4.98 Å². The molecule has 1 saturated carbocycles. The maximum atomic E-state index is 8.87. The van der Waals surface area contributed by atoms with Gasteiger partial charge >= 0.3 is 0 Å². The first-order valence-electron chi connectivity index (χ1n) is 4.95. The lowest BCUT2D eigenvalue weighted by molar-refractivity contribution is 0.302. The second-order valence-corrected chi connectivity index (χ2v) is 3.86. The van der Waals surface area contributed by atoms with Crippen molar-refractivity contribution in [2.45, 2.75) is 18.9 Å². The van der Waals surface area contributed by atoms with Gasteiger partial charge in [0.2, 0.25) is 0 Å². The van der Waals surface area contributed by atoms with Gasteiger partial charge in [-0.05, 0) is 12.8 Å². The van der Waals surface area contributed by atoms with Crippen LogP contribution in [0.3, 0.4) is 0 Å². The Morgan fingerprint density at radius 3 is 2.80 bits per heavy atom. The third-order valence-electron chi connectivity index (χ3n) is 2.26. The number of nitriles is 1. The highest BCUT2D eigenvalue weighted by molar-refractivity contribution is 5.57. The monoisotopic (exact) mass is 203 g/mol. The average molecular weight is 203 g/mol. The van der Waals surface area contributed by atoms with E-state index >= 15 is 0 Å². The summed E-state index contributed by atoms with van der Waals surface area (Å²) in [6.45, 7) is 0. The van der Waals surface area contributed by atoms with E-state index in [-0.39, 0.29) is 0 Å². The molecule has 0 radical (unpaired) electrons. The van der Waals surface area contributed by atoms with Crippen molar-refractivity contribution < 1.29 is 4.74 Å². The van der Waals surface area contributed by atoms with E-state index in [1.165, 1.54) is 0 Å². The lowest BCUT2D eigenvalue weighted by atomic mass is 10.3. The van der Waals surface area contributed by atoms with E-state index in [4.69, 9.17) is 10.00 Å². The first kappa shape index (κ1) is 9.78. The number of anilines is 1. The molecular formula is C11H13N3O. The Bertz CT molecular complexity index is 405. The van der Waals surface area contributed by atoms with E-state index in [1.807, 2.05) is 25.1 Å². The highest BCUT2D eigenvalue weighted by atomic mass is 16.5. The molecule has 1 aliphatic carbocycles. The second-order valence-electron chi connectivity index (χ2n) is 3.86. The lowest BCUT2D eigenvalue weighted by Crippen LogP contribution is -2.11. The summed E-state index contributed by atoms with van der Waals surface area (Å²) in [5.74, 6) is 0.750. The van der Waals surface area contributed by atoms with Crippen molar-refractivity contribution in [2.24, 2.45) is 0 Å². The highest BCUT2D eigenvalue weighted by Gasteiger charge is 2.24. The molecule has 78 valence electrons. The van der Waals surface area contributed by atoms with Gasteiger partial charge in [0.15, 0.2) is 5.69 Å². The molecule has 0 aromatic carbocycles. The van der Waals surface area contributed by atoms with Crippen LogP contribution in [0.15, 0.2) is 12.3 Å². The molecule has 0 atom stereocenters. The van der Waals surface area contributed by atoms with Gasteiger partial charge in [-0.2, -0.15) is 5.26 Å². The number of rotatable bonds is 3. The molecule has 1 aromatic rings. The third-order valence-corrected chi connectivity index (χ3v) is 2.26. The van der Waals surface area contributed by atoms with Crippen molar-refractivity contribution in [3.8, 4) is 11.8 Å². The number of nitrogens with zero attached hydrogens (tertiary/aromatic N) is 3. The summed E-state index contributed by atoms with van der Waals surface area (Å²) in [4.78, 5) is 5.94. The molecule has 0 saturated heterocycles. The van der Waals surface area contributed by atoms with Crippen LogP contribution in [0.4, 0.5) is 5.69 Å². The molecule has 0 amide bonds. The van der Waals surface area contributed by atoms with Crippen LogP contribution in [0, 0.1) is 11.3 Å². The normalized spacial score (nSPS) is 14.5. The minimum atomic E-state index is 0.356. The number of ether oxygens (including phenoxy) is 1. The number of pyridine rings is 1. The van der Waals surface area contributed by atoms with Crippen molar-refractivity contribution >= 4 is 5.69 Å². The molecule has 4 heteroatoms. The van der Waals surface area contributed by atoms with Gasteiger partial charge in [-0.3, -0.25) is 0 Å². The molecule has 1 heterocycles. The van der Waals surface area contributed by atoms with Crippen molar-refractivity contribution in [3.05, 3.63) is 18.0 Å². The quantitative estimate of drug-likeness (QED) is 0.748. The zero-order valence-electron chi connectivity index (χ0n) is 8.90. The van der Waals surface area contributed by atoms with E-state index in [2.05, 4.69) is 11.1 Å². The number of hydrogen-bond acceptors (Lipinski definition) is 4. The maximum absolute atomic E-state index is 8.87. The van der Waals surface area contributed by atoms with Gasteiger partial charge < -0.3 is 9.64 Å². The summed E-state index contributed by atoms with van der Waals surface area (Å²) in [6.07, 6.45) is 4.22. The van der Waals surface area contributed by atoms with Crippen molar-refractivity contribution in [3.63, 3.8) is 0 Å². The van der Waals surface area contributed by atoms with Crippen LogP contribution in [0.2, 0.25) is 0 Å². The molecular weight excluding hydrogens is 190 g/mol. The fraction of sp³-hybridized carbons (Fsp3) is 0.455. The fourth-order valence-electron chi connectivity index (χ4n) is 1.30. The largest absolute Gasteiger partial charge is 0.489 e. The second kappa shape index (κ2) is 3.77. The number of aromatic nitrogens is 1. The van der Waals surface area contributed by atoms with Crippen LogP contribution >= 0.6 is 0 Å². The van der Waals surface area contributed by atoms with E-state index in [0.717, 1.165) is 24.3 Å². The van der Waals surface area contributed by atoms with Gasteiger partial charge in [0.1, 0.15) is 11.8 Å². The minimum Gasteiger partial charge on any atom is -0.489 e. The third kappa shape index (κ3) is 2.18. The molecule has 0 unspecified atom stereocenters. The Labute approximate surface area is 89.1 Å². The molecule has 0 spiro atoms. The summed E-state index contributed by atoms with van der Waals surface area (Å²) in [6, 6.07) is 3.93. The highest BCUT2D eigenvalue weighted by Crippen LogP contribution is 2.29. The maximum Gasteiger partial charge on any atom is 0.164 e. The Morgan fingerprint density at radius 2 is 2.27 bits per heavy atom. The molecule has 0 aliphatic heterocycles. The molecule has 1 aromatic heterocycles. The molecule has 0 bridgehead atoms. The van der Waals surface area contributed by atoms with Crippen LogP contribution in [-0.2, 0) is 0 Å². The molecule has 0 N–H and O–H groups in total. The lowest BCUT2D eigenvalue weighted by Gasteiger charge is -2.14. The van der Waals surface area contributed by atoms with E-state index < -0.39 is 0 Å². The Kier molecular flexibility index (Phi) is 2.46. The van der Waals surface area contributed by atoms with Gasteiger partial charge in [-0.25, -0.2) is 4.98 Å². The smallest absolute Gasteiger partial charge is 0.164 e. The first-order valence-corrected chi connectivity index (χ1v) is 4.95. The zero-order valence-corrected chi connectivity index (χ0v) is 8.90. The summed E-state index contributed by atoms with van der Waals surface area (Å²) >= 11 is 0. The van der Waals surface area contributed by atoms with Crippen molar-refractivity contribution in [1.29, 1.82) is 5.26 Å². The Balaban J connectivity index is 2.27. The van der Waals surface area contributed by atoms with E-state index in [1.54, 1.807) is 6.20 Å². The summed E-state index contributed by atoms with van der Waals surface area (Å²) in [5.41, 5.74) is 1.23. The minimum absolute atomic E-state index is 0.356. The van der Waals surface area contributed by atoms with Crippen LogP contribution < -0.4 is 9.64 Å². The summed E-state index contributed by atoms with van der Waals surface area (Å²) in [7, 11) is 3.78. The molecule has 15 heavy (non-hydrogen) atoms. The predicted molar refractivity (Wildman–Crippen MR) is 56.9 cm³/mol. The van der Waals surface area contributed by atoms with E-state index in [0.29, 0.717) is 11.8 Å². The zero-order chi connectivity index (χ0) is 10.8. The summed E-state index contributed by atoms with van der Waals surface area (Å²) < 4.78 is 5.62. The van der Waals surface area contributed by atoms with Crippen LogP contribution in [0.25, 0.3) is 0 Å². The molecule has 2 rings (SSSR count). The van der Waals surface area contributed by atoms with Crippen LogP contribution in [0.1, 0.15) is 18.5 Å². The average Bonchev–Trinajstić information content (AvgIpc) is 3.01. The number of hydrogen-bond donors (Lipinski definition) is 0. The Morgan fingerprint density at radius 1 is 1.53 bits per heavy atom. The standard InChI is InChI=1S/C11H13N3O/c1-14(2)11-5-9(15-8-3-4-8)7-13-10(11)6-12/h5,7-8H,3-4H2,1-2H3. The van der Waals surface area contributed by atoms with Crippen LogP contribution in [-0.4, -0.2) is 25.2 Å². The van der Waals surface area contributed by atoms with Gasteiger partial charge in [0.25, 0.3) is 0 Å². The molecule has 4 nitrogen and oxygen atoms in total. The van der Waals surface area contributed by atoms with Crippen molar-refractivity contribution in [2.75, 3.05) is 19.0 Å². The fourth-order valence-corrected chi connectivity index (χ4v) is 1.30. The topological polar surface area (TPSA) is 49.1 Å². The molecule has 1 aliphatic rings. The predicted octanol–water partition coefficient (Wildman–Crippen LogP) is 1.56. The first-order chi connectivity index (χ1) is 7.20. The SMILES string of the molecule is CN(C)c1cc(OC2CC2)cnc1C#N. The van der Waals surface area contributed by atoms with E-state index in [9.17, 15) is 0 Å².